The average molecular weight is 543 g/mol. The summed E-state index contributed by atoms with van der Waals surface area (Å²) >= 11 is 0. The quantitative estimate of drug-likeness (QED) is 0.225. The van der Waals surface area contributed by atoms with Crippen LogP contribution in [0.5, 0.6) is 0 Å². The minimum atomic E-state index is -0.565. The van der Waals surface area contributed by atoms with Crippen LogP contribution in [0.25, 0.3) is 33.8 Å². The van der Waals surface area contributed by atoms with Crippen molar-refractivity contribution in [2.45, 2.75) is 78.4 Å². The molecule has 1 unspecified atom stereocenters. The lowest BCUT2D eigenvalue weighted by molar-refractivity contribution is 0.0166. The van der Waals surface area contributed by atoms with Crippen molar-refractivity contribution in [3.63, 3.8) is 0 Å². The van der Waals surface area contributed by atoms with Crippen molar-refractivity contribution in [3.05, 3.63) is 59.8 Å². The highest BCUT2D eigenvalue weighted by Crippen LogP contribution is 2.34. The Hall–Kier alpha value is -3.94. The van der Waals surface area contributed by atoms with Gasteiger partial charge in [-0.05, 0) is 64.3 Å². The van der Waals surface area contributed by atoms with E-state index >= 15 is 0 Å². The molecule has 4 aromatic rings. The topological polar surface area (TPSA) is 90.5 Å². The number of nitrogens with zero attached hydrogens (tertiary/aromatic N) is 4. The van der Waals surface area contributed by atoms with Crippen LogP contribution in [-0.4, -0.2) is 50.2 Å². The second kappa shape index (κ2) is 11.3. The minimum absolute atomic E-state index is 0.0692. The lowest BCUT2D eigenvalue weighted by atomic mass is 9.98. The standard InChI is InChI=1S/C32H38N4O4/c1-6-11-24-28(21-15-17-22(18-16-21)30-33-25-13-8-9-14-27(25)39-30)34-36(29(24)26(37)7-2)23-12-10-19-35(20-23)31(38)40-32(3,4)5/h8-9,13-18,23H,6-7,10-12,19-20H2,1-5H3. The Morgan fingerprint density at radius 2 is 1.77 bits per heavy atom. The summed E-state index contributed by atoms with van der Waals surface area (Å²) in [5.41, 5.74) is 5.27. The number of likely N-dealkylation sites (tertiary alicyclic amines) is 1. The van der Waals surface area contributed by atoms with Crippen LogP contribution in [0.15, 0.2) is 52.9 Å². The maximum atomic E-state index is 13.4. The van der Waals surface area contributed by atoms with Crippen LogP contribution in [0.4, 0.5) is 4.79 Å². The molecule has 210 valence electrons. The molecule has 0 saturated carbocycles. The Kier molecular flexibility index (Phi) is 7.79. The van der Waals surface area contributed by atoms with E-state index in [1.807, 2.05) is 80.9 Å². The van der Waals surface area contributed by atoms with Crippen LogP contribution in [0.3, 0.4) is 0 Å². The zero-order valence-corrected chi connectivity index (χ0v) is 24.1. The highest BCUT2D eigenvalue weighted by Gasteiger charge is 2.33. The number of piperidine rings is 1. The lowest BCUT2D eigenvalue weighted by Crippen LogP contribution is -2.44. The SMILES string of the molecule is CCCc1c(-c2ccc(-c3nc4ccccc4o3)cc2)nn(C2CCCN(C(=O)OC(C)(C)C)C2)c1C(=O)CC. The van der Waals surface area contributed by atoms with Crippen LogP contribution >= 0.6 is 0 Å². The first-order chi connectivity index (χ1) is 19.2. The number of Topliss-reactive ketones (excluding diaryl/α,β-unsaturated/α-hetero) is 1. The van der Waals surface area contributed by atoms with Gasteiger partial charge in [0.25, 0.3) is 0 Å². The number of ketones is 1. The molecule has 2 aromatic heterocycles. The number of carbonyl (C=O) groups excluding carboxylic acids is 2. The number of oxazole rings is 1. The van der Waals surface area contributed by atoms with Gasteiger partial charge in [0.15, 0.2) is 11.4 Å². The predicted molar refractivity (Wildman–Crippen MR) is 155 cm³/mol. The van der Waals surface area contributed by atoms with Crippen LogP contribution in [0.2, 0.25) is 0 Å². The highest BCUT2D eigenvalue weighted by molar-refractivity contribution is 5.97. The van der Waals surface area contributed by atoms with E-state index in [2.05, 4.69) is 11.9 Å². The molecular weight excluding hydrogens is 504 g/mol. The lowest BCUT2D eigenvalue weighted by Gasteiger charge is -2.34. The molecule has 40 heavy (non-hydrogen) atoms. The van der Waals surface area contributed by atoms with Gasteiger partial charge in [-0.2, -0.15) is 5.10 Å². The van der Waals surface area contributed by atoms with Crippen molar-refractivity contribution in [3.8, 4) is 22.7 Å². The van der Waals surface area contributed by atoms with Gasteiger partial charge in [-0.1, -0.05) is 44.5 Å². The number of rotatable bonds is 7. The van der Waals surface area contributed by atoms with Gasteiger partial charge in [0.05, 0.1) is 11.7 Å². The second-order valence-electron chi connectivity index (χ2n) is 11.4. The number of hydrogen-bond acceptors (Lipinski definition) is 6. The molecule has 0 bridgehead atoms. The molecule has 0 spiro atoms. The summed E-state index contributed by atoms with van der Waals surface area (Å²) in [6.07, 6.45) is 3.36. The first-order valence-corrected chi connectivity index (χ1v) is 14.3. The van der Waals surface area contributed by atoms with E-state index < -0.39 is 5.60 Å². The number of carbonyl (C=O) groups is 2. The minimum Gasteiger partial charge on any atom is -0.444 e. The Bertz CT molecular complexity index is 1480. The third kappa shape index (κ3) is 5.67. The maximum Gasteiger partial charge on any atom is 0.410 e. The number of fused-ring (bicyclic) bond motifs is 1. The first-order valence-electron chi connectivity index (χ1n) is 14.3. The number of benzene rings is 2. The molecule has 1 atom stereocenters. The molecule has 3 heterocycles. The van der Waals surface area contributed by atoms with Crippen molar-refractivity contribution >= 4 is 23.0 Å². The molecule has 1 saturated heterocycles. The van der Waals surface area contributed by atoms with E-state index in [1.54, 1.807) is 4.90 Å². The average Bonchev–Trinajstić information content (AvgIpc) is 3.54. The van der Waals surface area contributed by atoms with Gasteiger partial charge in [-0.25, -0.2) is 9.78 Å². The van der Waals surface area contributed by atoms with Gasteiger partial charge in [0.2, 0.25) is 5.89 Å². The summed E-state index contributed by atoms with van der Waals surface area (Å²) in [6.45, 7) is 10.7. The largest absolute Gasteiger partial charge is 0.444 e. The summed E-state index contributed by atoms with van der Waals surface area (Å²) < 4.78 is 13.5. The van der Waals surface area contributed by atoms with Crippen molar-refractivity contribution in [2.24, 2.45) is 0 Å². The molecule has 0 radical (unpaired) electrons. The van der Waals surface area contributed by atoms with Crippen molar-refractivity contribution in [2.75, 3.05) is 13.1 Å². The van der Waals surface area contributed by atoms with Crippen LogP contribution in [-0.2, 0) is 11.2 Å². The molecule has 1 aliphatic rings. The smallest absolute Gasteiger partial charge is 0.410 e. The Balaban J connectivity index is 1.50. The molecule has 8 heteroatoms. The maximum absolute atomic E-state index is 13.4. The number of hydrogen-bond donors (Lipinski definition) is 0. The first kappa shape index (κ1) is 27.6. The zero-order chi connectivity index (χ0) is 28.4. The number of amides is 1. The summed E-state index contributed by atoms with van der Waals surface area (Å²) in [5.74, 6) is 0.637. The third-order valence-electron chi connectivity index (χ3n) is 7.19. The van der Waals surface area contributed by atoms with E-state index in [1.165, 1.54) is 0 Å². The fraction of sp³-hybridized carbons (Fsp3) is 0.438. The molecular formula is C32H38N4O4. The molecule has 0 aliphatic carbocycles. The van der Waals surface area contributed by atoms with Crippen molar-refractivity contribution in [1.82, 2.24) is 19.7 Å². The van der Waals surface area contributed by atoms with Crippen LogP contribution in [0, 0.1) is 0 Å². The number of ether oxygens (including phenoxy) is 1. The van der Waals surface area contributed by atoms with Gasteiger partial charge in [-0.3, -0.25) is 9.48 Å². The van der Waals surface area contributed by atoms with Gasteiger partial charge in [-0.15, -0.1) is 0 Å². The third-order valence-corrected chi connectivity index (χ3v) is 7.19. The summed E-state index contributed by atoms with van der Waals surface area (Å²) in [5, 5.41) is 5.08. The normalized spacial score (nSPS) is 15.9. The zero-order valence-electron chi connectivity index (χ0n) is 24.1. The van der Waals surface area contributed by atoms with E-state index in [4.69, 9.17) is 14.3 Å². The summed E-state index contributed by atoms with van der Waals surface area (Å²) in [4.78, 5) is 32.6. The van der Waals surface area contributed by atoms with Crippen LogP contribution in [0.1, 0.15) is 82.4 Å². The van der Waals surface area contributed by atoms with Gasteiger partial charge in [0.1, 0.15) is 16.8 Å². The van der Waals surface area contributed by atoms with Gasteiger partial charge >= 0.3 is 6.09 Å². The summed E-state index contributed by atoms with van der Waals surface area (Å²) in [6, 6.07) is 15.6. The van der Waals surface area contributed by atoms with E-state index in [-0.39, 0.29) is 17.9 Å². The molecule has 5 rings (SSSR count). The molecule has 1 amide bonds. The molecule has 0 N–H and O–H groups in total. The monoisotopic (exact) mass is 542 g/mol. The van der Waals surface area contributed by atoms with Crippen molar-refractivity contribution < 1.29 is 18.7 Å². The van der Waals surface area contributed by atoms with E-state index in [0.717, 1.165) is 59.2 Å². The Morgan fingerprint density at radius 3 is 2.45 bits per heavy atom. The van der Waals surface area contributed by atoms with E-state index in [9.17, 15) is 9.59 Å². The Morgan fingerprint density at radius 1 is 1.05 bits per heavy atom. The molecule has 2 aromatic carbocycles. The predicted octanol–water partition coefficient (Wildman–Crippen LogP) is 7.48. The van der Waals surface area contributed by atoms with Crippen molar-refractivity contribution in [1.29, 1.82) is 0 Å². The van der Waals surface area contributed by atoms with Gasteiger partial charge < -0.3 is 14.1 Å². The van der Waals surface area contributed by atoms with Crippen LogP contribution < -0.4 is 0 Å². The highest BCUT2D eigenvalue weighted by atomic mass is 16.6. The number of para-hydroxylation sites is 2. The van der Waals surface area contributed by atoms with Gasteiger partial charge in [0, 0.05) is 36.2 Å². The summed E-state index contributed by atoms with van der Waals surface area (Å²) in [7, 11) is 0. The molecule has 1 fully saturated rings. The van der Waals surface area contributed by atoms with E-state index in [0.29, 0.717) is 31.1 Å². The fourth-order valence-electron chi connectivity index (χ4n) is 5.33. The number of aromatic nitrogens is 3. The molecule has 8 nitrogen and oxygen atoms in total. The molecule has 1 aliphatic heterocycles. The Labute approximate surface area is 235 Å². The fourth-order valence-corrected chi connectivity index (χ4v) is 5.33. The second-order valence-corrected chi connectivity index (χ2v) is 11.4.